The van der Waals surface area contributed by atoms with Crippen molar-refractivity contribution < 1.29 is 33.8 Å². The van der Waals surface area contributed by atoms with Crippen molar-refractivity contribution in [1.82, 2.24) is 0 Å². The summed E-state index contributed by atoms with van der Waals surface area (Å²) in [5.41, 5.74) is 0. The Labute approximate surface area is 94.1 Å². The van der Waals surface area contributed by atoms with E-state index in [0.717, 1.165) is 12.1 Å². The molecule has 0 aliphatic heterocycles. The molecule has 0 heterocycles. The first kappa shape index (κ1) is 17.5. The monoisotopic (exact) mass is 243 g/mol. The fourth-order valence-corrected chi connectivity index (χ4v) is 1.53. The van der Waals surface area contributed by atoms with Crippen LogP contribution in [0.25, 0.3) is 0 Å². The van der Waals surface area contributed by atoms with Gasteiger partial charge in [-0.15, -0.1) is 10.2 Å². The molecule has 94 valence electrons. The lowest BCUT2D eigenvalue weighted by Gasteiger charge is -2.26. The van der Waals surface area contributed by atoms with Crippen molar-refractivity contribution in [3.8, 4) is 0 Å². The highest BCUT2D eigenvalue weighted by atomic mass is 35.7. The standard InChI is InChI=1S/C9H21N.ClHO4/c1-6-7-10(8(2)3)9(4)5;2-1(3,4)5/h8-9H,6-7H2,1-5H3;(H,2,3,4,5). The second-order valence-electron chi connectivity index (χ2n) is 4.01. The average molecular weight is 244 g/mol. The molecule has 0 aromatic heterocycles. The van der Waals surface area contributed by atoms with Crippen molar-refractivity contribution in [2.45, 2.75) is 53.1 Å². The van der Waals surface area contributed by atoms with Crippen LogP contribution in [0, 0.1) is 10.2 Å². The maximum Gasteiger partial charge on any atom is 0.0819 e. The van der Waals surface area contributed by atoms with E-state index in [-0.39, 0.29) is 0 Å². The van der Waals surface area contributed by atoms with Gasteiger partial charge in [0, 0.05) is 0 Å². The third-order valence-corrected chi connectivity index (χ3v) is 2.02. The van der Waals surface area contributed by atoms with Crippen LogP contribution in [-0.2, 0) is 0 Å². The fourth-order valence-electron chi connectivity index (χ4n) is 1.53. The number of hydrogen-bond donors (Lipinski definition) is 1. The summed E-state index contributed by atoms with van der Waals surface area (Å²) in [5, 5.41) is 0. The maximum absolute atomic E-state index is 8.49. The Morgan fingerprint density at radius 2 is 1.20 bits per heavy atom. The van der Waals surface area contributed by atoms with E-state index < -0.39 is 10.2 Å². The molecule has 0 bridgehead atoms. The van der Waals surface area contributed by atoms with E-state index in [1.807, 2.05) is 0 Å². The smallest absolute Gasteiger partial charge is 0.0819 e. The highest BCUT2D eigenvalue weighted by Crippen LogP contribution is 1.77. The van der Waals surface area contributed by atoms with Crippen LogP contribution in [0.15, 0.2) is 0 Å². The van der Waals surface area contributed by atoms with Crippen molar-refractivity contribution in [2.24, 2.45) is 0 Å². The van der Waals surface area contributed by atoms with Crippen LogP contribution in [0.5, 0.6) is 0 Å². The normalized spacial score (nSPS) is 12.0. The quantitative estimate of drug-likeness (QED) is 0.551. The van der Waals surface area contributed by atoms with Gasteiger partial charge in [-0.25, -0.2) is 18.6 Å². The van der Waals surface area contributed by atoms with Crippen LogP contribution in [0.2, 0.25) is 0 Å². The van der Waals surface area contributed by atoms with Gasteiger partial charge in [-0.3, -0.25) is 0 Å². The maximum atomic E-state index is 8.49. The Hall–Kier alpha value is 0.0900. The molecule has 0 fully saturated rings. The predicted octanol–water partition coefficient (Wildman–Crippen LogP) is -3.66. The topological polar surface area (TPSA) is 96.7 Å². The molecule has 0 aromatic rings. The van der Waals surface area contributed by atoms with Gasteiger partial charge in [-0.05, 0) is 34.1 Å². The lowest BCUT2D eigenvalue weighted by molar-refractivity contribution is -2.00. The Balaban J connectivity index is 0. The zero-order valence-electron chi connectivity index (χ0n) is 10.1. The minimum absolute atomic E-state index is 0.778. The summed E-state index contributed by atoms with van der Waals surface area (Å²) in [6.07, 6.45) is 1.30. The largest absolute Gasteiger partial charge is 0.331 e. The molecule has 0 aromatic carbocycles. The lowest BCUT2D eigenvalue weighted by Crippen LogP contribution is -3.17. The first-order valence-electron chi connectivity index (χ1n) is 5.06. The molecule has 0 amide bonds. The van der Waals surface area contributed by atoms with Gasteiger partial charge in [0.25, 0.3) is 0 Å². The van der Waals surface area contributed by atoms with Crippen molar-refractivity contribution >= 4 is 0 Å². The summed E-state index contributed by atoms with van der Waals surface area (Å²) in [6, 6.07) is 1.56. The molecule has 0 atom stereocenters. The van der Waals surface area contributed by atoms with Crippen LogP contribution >= 0.6 is 0 Å². The van der Waals surface area contributed by atoms with Gasteiger partial charge in [0.1, 0.15) is 0 Å². The van der Waals surface area contributed by atoms with Gasteiger partial charge in [0.05, 0.1) is 18.6 Å². The minimum atomic E-state index is -4.94. The molecule has 0 radical (unpaired) electrons. The third-order valence-electron chi connectivity index (χ3n) is 2.02. The van der Waals surface area contributed by atoms with Gasteiger partial charge >= 0.3 is 0 Å². The Morgan fingerprint density at radius 1 is 0.933 bits per heavy atom. The Kier molecular flexibility index (Phi) is 9.63. The number of halogens is 1. The number of hydrogen-bond acceptors (Lipinski definition) is 4. The molecule has 6 heteroatoms. The van der Waals surface area contributed by atoms with Gasteiger partial charge in [0.15, 0.2) is 0 Å². The zero-order valence-corrected chi connectivity index (χ0v) is 10.8. The van der Waals surface area contributed by atoms with E-state index >= 15 is 0 Å². The second kappa shape index (κ2) is 8.27. The Morgan fingerprint density at radius 3 is 1.27 bits per heavy atom. The van der Waals surface area contributed by atoms with Gasteiger partial charge in [-0.2, -0.15) is 0 Å². The summed E-state index contributed by atoms with van der Waals surface area (Å²) >= 11 is 0. The molecule has 0 rings (SSSR count). The second-order valence-corrected chi connectivity index (χ2v) is 4.77. The van der Waals surface area contributed by atoms with Crippen molar-refractivity contribution in [3.63, 3.8) is 0 Å². The van der Waals surface area contributed by atoms with E-state index in [9.17, 15) is 0 Å². The first-order chi connectivity index (χ1) is 6.59. The van der Waals surface area contributed by atoms with Gasteiger partial charge < -0.3 is 4.90 Å². The predicted molar refractivity (Wildman–Crippen MR) is 46.4 cm³/mol. The zero-order chi connectivity index (χ0) is 12.6. The lowest BCUT2D eigenvalue weighted by atomic mass is 10.2. The molecular formula is C9H22ClNO4. The van der Waals surface area contributed by atoms with E-state index in [1.54, 1.807) is 4.90 Å². The highest BCUT2D eigenvalue weighted by Gasteiger charge is 2.14. The minimum Gasteiger partial charge on any atom is -0.331 e. The SMILES string of the molecule is CCC[NH+](C(C)C)C(C)C.[O-][Cl+3]([O-])([O-])[O-]. The summed E-state index contributed by atoms with van der Waals surface area (Å²) in [5.74, 6) is 0. The number of nitrogens with one attached hydrogen (secondary N) is 1. The van der Waals surface area contributed by atoms with Crippen molar-refractivity contribution in [1.29, 1.82) is 0 Å². The molecule has 0 saturated carbocycles. The summed E-state index contributed by atoms with van der Waals surface area (Å²) < 4.78 is 34.0. The molecule has 5 nitrogen and oxygen atoms in total. The van der Waals surface area contributed by atoms with Gasteiger partial charge in [0.2, 0.25) is 0 Å². The first-order valence-corrected chi connectivity index (χ1v) is 6.30. The van der Waals surface area contributed by atoms with Crippen molar-refractivity contribution in [2.75, 3.05) is 6.54 Å². The van der Waals surface area contributed by atoms with Crippen LogP contribution in [-0.4, -0.2) is 18.6 Å². The van der Waals surface area contributed by atoms with Gasteiger partial charge in [-0.1, -0.05) is 6.92 Å². The highest BCUT2D eigenvalue weighted by molar-refractivity contribution is 4.40. The van der Waals surface area contributed by atoms with E-state index in [2.05, 4.69) is 34.6 Å². The van der Waals surface area contributed by atoms with Crippen LogP contribution in [0.1, 0.15) is 41.0 Å². The number of rotatable bonds is 4. The third kappa shape index (κ3) is 16.7. The van der Waals surface area contributed by atoms with Crippen molar-refractivity contribution in [3.05, 3.63) is 0 Å². The summed E-state index contributed by atoms with van der Waals surface area (Å²) in [6.45, 7) is 12.8. The molecule has 0 unspecified atom stereocenters. The Bertz CT molecular complexity index is 134. The molecule has 0 aliphatic rings. The number of quaternary nitrogens is 1. The molecular weight excluding hydrogens is 222 g/mol. The summed E-state index contributed by atoms with van der Waals surface area (Å²) in [4.78, 5) is 1.72. The fraction of sp³-hybridized carbons (Fsp3) is 1.00. The van der Waals surface area contributed by atoms with E-state index in [4.69, 9.17) is 18.6 Å². The van der Waals surface area contributed by atoms with Crippen LogP contribution in [0.3, 0.4) is 0 Å². The van der Waals surface area contributed by atoms with E-state index in [0.29, 0.717) is 0 Å². The van der Waals surface area contributed by atoms with E-state index in [1.165, 1.54) is 13.0 Å². The average Bonchev–Trinajstić information content (AvgIpc) is 1.95. The summed E-state index contributed by atoms with van der Waals surface area (Å²) in [7, 11) is -4.94. The molecule has 1 N–H and O–H groups in total. The molecule has 0 spiro atoms. The molecule has 0 aliphatic carbocycles. The molecule has 0 saturated heterocycles. The van der Waals surface area contributed by atoms with Crippen LogP contribution in [0.4, 0.5) is 0 Å². The van der Waals surface area contributed by atoms with Crippen LogP contribution < -0.4 is 23.5 Å². The molecule has 15 heavy (non-hydrogen) atoms.